The fourth-order valence-electron chi connectivity index (χ4n) is 8.94. The molecule has 0 fully saturated rings. The van der Waals surface area contributed by atoms with Gasteiger partial charge in [-0.05, 0) is 89.5 Å². The number of amides is 1. The number of allylic oxidation sites excluding steroid dienone is 11. The van der Waals surface area contributed by atoms with Crippen molar-refractivity contribution in [2.75, 3.05) is 40.9 Å². The lowest BCUT2D eigenvalue weighted by Gasteiger charge is -2.30. The molecule has 0 aromatic rings. The highest BCUT2D eigenvalue weighted by Crippen LogP contribution is 2.38. The number of hydrogen-bond donors (Lipinski definition) is 1. The van der Waals surface area contributed by atoms with Gasteiger partial charge >= 0.3 is 5.97 Å². The molecule has 0 aliphatic heterocycles. The van der Waals surface area contributed by atoms with E-state index in [1.807, 2.05) is 39.4 Å². The molecule has 0 heterocycles. The van der Waals surface area contributed by atoms with Crippen molar-refractivity contribution < 1.29 is 37.3 Å². The molecule has 0 spiro atoms. The minimum atomic E-state index is -4.71. The Balaban J connectivity index is 5.15. The molecule has 3 unspecified atom stereocenters. The predicted octanol–water partition coefficient (Wildman–Crippen LogP) is 19.0. The predicted molar refractivity (Wildman–Crippen MR) is 325 cm³/mol. The Bertz CT molecular complexity index is 1530. The molecule has 0 rings (SSSR count). The van der Waals surface area contributed by atoms with Crippen LogP contribution in [0.1, 0.15) is 284 Å². The summed E-state index contributed by atoms with van der Waals surface area (Å²) in [5, 5.41) is 3.01. The van der Waals surface area contributed by atoms with Crippen LogP contribution in [0.15, 0.2) is 72.9 Å². The summed E-state index contributed by atoms with van der Waals surface area (Å²) < 4.78 is 30.2. The maximum atomic E-state index is 13.5. The Morgan fingerprint density at radius 3 is 1.25 bits per heavy atom. The number of phosphoric ester groups is 1. The van der Waals surface area contributed by atoms with Crippen LogP contribution in [0.2, 0.25) is 0 Å². The lowest BCUT2D eigenvalue weighted by molar-refractivity contribution is -0.870. The summed E-state index contributed by atoms with van der Waals surface area (Å²) in [6, 6.07) is -0.913. The van der Waals surface area contributed by atoms with E-state index < -0.39 is 32.5 Å². The van der Waals surface area contributed by atoms with Gasteiger partial charge in [0, 0.05) is 12.8 Å². The zero-order chi connectivity index (χ0) is 55.7. The van der Waals surface area contributed by atoms with Crippen molar-refractivity contribution in [3.8, 4) is 0 Å². The van der Waals surface area contributed by atoms with Crippen LogP contribution in [0.5, 0.6) is 0 Å². The van der Waals surface area contributed by atoms with Crippen molar-refractivity contribution in [1.29, 1.82) is 0 Å². The van der Waals surface area contributed by atoms with Gasteiger partial charge in [0.1, 0.15) is 19.3 Å². The summed E-state index contributed by atoms with van der Waals surface area (Å²) in [6.07, 6.45) is 71.7. The zero-order valence-corrected chi connectivity index (χ0v) is 51.3. The number of ether oxygens (including phenoxy) is 1. The molecule has 1 amide bonds. The van der Waals surface area contributed by atoms with E-state index in [0.717, 1.165) is 70.6 Å². The molecule has 3 atom stereocenters. The maximum absolute atomic E-state index is 13.5. The van der Waals surface area contributed by atoms with Gasteiger partial charge in [-0.3, -0.25) is 14.2 Å². The van der Waals surface area contributed by atoms with Crippen LogP contribution in [-0.2, 0) is 27.9 Å². The van der Waals surface area contributed by atoms with E-state index in [4.69, 9.17) is 13.8 Å². The Morgan fingerprint density at radius 1 is 0.461 bits per heavy atom. The van der Waals surface area contributed by atoms with Gasteiger partial charge in [-0.1, -0.05) is 255 Å². The fourth-order valence-corrected chi connectivity index (χ4v) is 9.66. The Kier molecular flexibility index (Phi) is 53.9. The van der Waals surface area contributed by atoms with E-state index in [9.17, 15) is 19.0 Å². The molecular formula is C66H121N2O7P. The largest absolute Gasteiger partial charge is 0.756 e. The van der Waals surface area contributed by atoms with E-state index >= 15 is 0 Å². The zero-order valence-electron chi connectivity index (χ0n) is 50.4. The van der Waals surface area contributed by atoms with Crippen LogP contribution < -0.4 is 10.2 Å². The normalized spacial score (nSPS) is 14.1. The number of quaternary nitrogens is 1. The summed E-state index contributed by atoms with van der Waals surface area (Å²) in [5.41, 5.74) is 0. The molecule has 0 saturated carbocycles. The first-order chi connectivity index (χ1) is 36.9. The van der Waals surface area contributed by atoms with Crippen molar-refractivity contribution >= 4 is 19.7 Å². The quantitative estimate of drug-likeness (QED) is 0.0212. The van der Waals surface area contributed by atoms with E-state index in [-0.39, 0.29) is 18.9 Å². The van der Waals surface area contributed by atoms with Crippen LogP contribution in [0.4, 0.5) is 0 Å². The average Bonchev–Trinajstić information content (AvgIpc) is 3.38. The van der Waals surface area contributed by atoms with Crippen LogP contribution in [0.25, 0.3) is 0 Å². The van der Waals surface area contributed by atoms with Gasteiger partial charge < -0.3 is 28.5 Å². The summed E-state index contributed by atoms with van der Waals surface area (Å²) in [4.78, 5) is 39.9. The number of unbranched alkanes of at least 4 members (excludes halogenated alkanes) is 31. The second kappa shape index (κ2) is 55.8. The Hall–Kier alpha value is -2.55. The summed E-state index contributed by atoms with van der Waals surface area (Å²) in [7, 11) is 1.16. The molecule has 0 aliphatic carbocycles. The molecule has 0 radical (unpaired) electrons. The molecule has 0 aliphatic rings. The van der Waals surface area contributed by atoms with Crippen LogP contribution in [0.3, 0.4) is 0 Å². The summed E-state index contributed by atoms with van der Waals surface area (Å²) in [5.74, 6) is -0.618. The molecule has 76 heavy (non-hydrogen) atoms. The molecule has 0 saturated heterocycles. The number of nitrogens with one attached hydrogen (secondary N) is 1. The standard InChI is InChI=1S/C66H121N2O7P/c1-7-10-13-16-19-22-25-28-29-30-31-32-33-34-35-36-37-38-39-41-43-46-49-52-55-58-65(69)67-63(62-74-76(71,72)73-61-60-68(4,5)6)64(57-54-51-48-45-42-27-24-21-18-15-12-9-3)75-66(70)59-56-53-50-47-44-40-26-23-20-17-14-11-8-2/h19,22,28-29,31-32,40,44,50,53-54,57,63-64H,7-18,20-21,23-27,30,33-39,41-43,45-49,51-52,55-56,58-62H2,1-6H3,(H-,67,69,71,72)/b22-19-,29-28-,32-31-,44-40-,53-50+,57-54-. The summed E-state index contributed by atoms with van der Waals surface area (Å²) in [6.45, 7) is 6.78. The number of hydrogen-bond acceptors (Lipinski definition) is 7. The molecule has 442 valence electrons. The second-order valence-corrected chi connectivity index (χ2v) is 24.0. The first-order valence-corrected chi connectivity index (χ1v) is 33.2. The third-order valence-electron chi connectivity index (χ3n) is 13.9. The van der Waals surface area contributed by atoms with Crippen molar-refractivity contribution in [3.63, 3.8) is 0 Å². The smallest absolute Gasteiger partial charge is 0.306 e. The van der Waals surface area contributed by atoms with Crippen LogP contribution in [-0.4, -0.2) is 69.4 Å². The van der Waals surface area contributed by atoms with Gasteiger partial charge in [0.2, 0.25) is 5.91 Å². The molecule has 0 aromatic heterocycles. The SMILES string of the molecule is CCCCC/C=C\C/C=C\C/C=C\CCCCCCCCCCCCCCC(=O)NC(COP(=O)([O-])OCC[N+](C)(C)C)C(/C=C\CCCCCCCCCCCC)OC(=O)CC/C=C/C/C=C\CCCCCCCC. The number of likely N-dealkylation sites (N-methyl/N-ethyl adjacent to an activating group) is 1. The number of nitrogens with zero attached hydrogens (tertiary/aromatic N) is 1. The third-order valence-corrected chi connectivity index (χ3v) is 14.8. The maximum Gasteiger partial charge on any atom is 0.306 e. The van der Waals surface area contributed by atoms with Crippen molar-refractivity contribution in [2.24, 2.45) is 0 Å². The molecule has 0 bridgehead atoms. The minimum Gasteiger partial charge on any atom is -0.756 e. The topological polar surface area (TPSA) is 114 Å². The molecule has 0 aromatic carbocycles. The van der Waals surface area contributed by atoms with Gasteiger partial charge in [0.05, 0.1) is 33.8 Å². The highest BCUT2D eigenvalue weighted by atomic mass is 31.2. The number of carbonyl (C=O) groups is 2. The average molecular weight is 1090 g/mol. The van der Waals surface area contributed by atoms with Crippen molar-refractivity contribution in [2.45, 2.75) is 296 Å². The van der Waals surface area contributed by atoms with Gasteiger partial charge in [-0.15, -0.1) is 0 Å². The number of rotatable bonds is 57. The van der Waals surface area contributed by atoms with E-state index in [1.54, 1.807) is 0 Å². The van der Waals surface area contributed by atoms with E-state index in [1.165, 1.54) is 173 Å². The highest BCUT2D eigenvalue weighted by Gasteiger charge is 2.27. The van der Waals surface area contributed by atoms with Gasteiger partial charge in [0.25, 0.3) is 7.82 Å². The number of esters is 1. The summed E-state index contributed by atoms with van der Waals surface area (Å²) >= 11 is 0. The fraction of sp³-hybridized carbons (Fsp3) is 0.788. The van der Waals surface area contributed by atoms with Crippen LogP contribution in [0, 0.1) is 0 Å². The lowest BCUT2D eigenvalue weighted by Crippen LogP contribution is -2.47. The molecular weight excluding hydrogens is 964 g/mol. The van der Waals surface area contributed by atoms with Crippen LogP contribution >= 0.6 is 7.82 Å². The molecule has 1 N–H and O–H groups in total. The van der Waals surface area contributed by atoms with Gasteiger partial charge in [0.15, 0.2) is 0 Å². The minimum absolute atomic E-state index is 0.0317. The van der Waals surface area contributed by atoms with Crippen molar-refractivity contribution in [3.05, 3.63) is 72.9 Å². The highest BCUT2D eigenvalue weighted by molar-refractivity contribution is 7.45. The lowest BCUT2D eigenvalue weighted by atomic mass is 10.0. The Morgan fingerprint density at radius 2 is 0.816 bits per heavy atom. The molecule has 9 nitrogen and oxygen atoms in total. The van der Waals surface area contributed by atoms with Gasteiger partial charge in [-0.25, -0.2) is 0 Å². The van der Waals surface area contributed by atoms with Crippen molar-refractivity contribution in [1.82, 2.24) is 5.32 Å². The van der Waals surface area contributed by atoms with Gasteiger partial charge in [-0.2, -0.15) is 0 Å². The number of phosphoric acid groups is 1. The Labute approximate surface area is 470 Å². The second-order valence-electron chi connectivity index (χ2n) is 22.6. The molecule has 10 heteroatoms. The number of carbonyl (C=O) groups excluding carboxylic acids is 2. The first kappa shape index (κ1) is 73.5. The van der Waals surface area contributed by atoms with E-state index in [0.29, 0.717) is 23.9 Å². The third kappa shape index (κ3) is 56.2. The van der Waals surface area contributed by atoms with E-state index in [2.05, 4.69) is 80.8 Å². The first-order valence-electron chi connectivity index (χ1n) is 31.7. The monoisotopic (exact) mass is 1080 g/mol.